The van der Waals surface area contributed by atoms with Gasteiger partial charge in [0.05, 0.1) is 5.54 Å². The minimum atomic E-state index is -0.670. The quantitative estimate of drug-likeness (QED) is 0.159. The summed E-state index contributed by atoms with van der Waals surface area (Å²) in [4.78, 5) is 12.6. The fourth-order valence-electron chi connectivity index (χ4n) is 8.03. The van der Waals surface area contributed by atoms with Crippen molar-refractivity contribution in [3.8, 4) is 11.5 Å². The molecule has 0 saturated heterocycles. The third-order valence-corrected chi connectivity index (χ3v) is 12.2. The minimum Gasteiger partial charge on any atom is -0.508 e. The molecule has 0 radical (unpaired) electrons. The van der Waals surface area contributed by atoms with Gasteiger partial charge >= 0.3 is 21.1 Å². The van der Waals surface area contributed by atoms with Gasteiger partial charge in [-0.25, -0.2) is 4.98 Å². The van der Waals surface area contributed by atoms with Crippen LogP contribution in [0.4, 0.5) is 17.2 Å². The van der Waals surface area contributed by atoms with Crippen molar-refractivity contribution in [1.82, 2.24) is 4.98 Å². The van der Waals surface area contributed by atoms with Gasteiger partial charge < -0.3 is 14.4 Å². The van der Waals surface area contributed by atoms with Crippen LogP contribution < -0.4 is 9.64 Å². The summed E-state index contributed by atoms with van der Waals surface area (Å²) in [5.41, 5.74) is 9.20. The van der Waals surface area contributed by atoms with Gasteiger partial charge in [-0.2, -0.15) is 6.07 Å². The third-order valence-electron chi connectivity index (χ3n) is 12.2. The van der Waals surface area contributed by atoms with Crippen molar-refractivity contribution in [3.05, 3.63) is 142 Å². The van der Waals surface area contributed by atoms with Crippen LogP contribution in [0.25, 0.3) is 0 Å². The molecule has 2 aliphatic heterocycles. The number of aliphatic imine (C=N–C) groups is 1. The molecule has 6 heteroatoms. The number of aryl methyl sites for hydroxylation is 2. The van der Waals surface area contributed by atoms with Gasteiger partial charge in [0.1, 0.15) is 17.3 Å². The van der Waals surface area contributed by atoms with Crippen molar-refractivity contribution >= 4 is 23.1 Å². The molecule has 7 rings (SSSR count). The molecule has 0 saturated carbocycles. The summed E-state index contributed by atoms with van der Waals surface area (Å²) in [6, 6.07) is 35.4. The Morgan fingerprint density at radius 1 is 0.768 bits per heavy atom. The number of benzene rings is 4. The standard InChI is InChI=1S/C50H57N3O2.Pt/c1-31(2)49(13)50(14,35-18-16-15-17-19-35)55-45(52-49)34-26-37(47(8,9)10)28-38(27-34)54-43-30-42-40(25-33(43)4)48(11,12)39-24-32(3)20-21-41(39)53(42)44-29-36(22-23-51-44)46(5,6)7;/h15-26,28-29,31H,1-14H3;/q-2;+2/t49-,50-;/m1./s1. The van der Waals surface area contributed by atoms with Crippen molar-refractivity contribution in [3.63, 3.8) is 0 Å². The van der Waals surface area contributed by atoms with Gasteiger partial charge in [-0.3, -0.25) is 4.99 Å². The molecule has 1 aromatic heterocycles. The first-order valence-corrected chi connectivity index (χ1v) is 19.7. The molecule has 0 bridgehead atoms. The SMILES string of the molecule is Cc1ccc2c(c1)C(C)(C)c1cc(C)c(Oc3[c-]c(C4=N[C@](C)(C(C)C)[C@@](C)(c5ccccc5)O4)cc(C(C)(C)C)c3)[c-]c1N2c1cc(C(C)(C)C)ccn1.[Pt+2]. The molecule has 0 amide bonds. The summed E-state index contributed by atoms with van der Waals surface area (Å²) in [5, 5.41) is 0. The number of aromatic nitrogens is 1. The number of pyridine rings is 1. The van der Waals surface area contributed by atoms with E-state index in [0.29, 0.717) is 17.4 Å². The Labute approximate surface area is 350 Å². The van der Waals surface area contributed by atoms with Gasteiger partial charge in [0.2, 0.25) is 0 Å². The molecule has 294 valence electrons. The molecular weight excluding hydrogens is 870 g/mol. The maximum atomic E-state index is 6.97. The summed E-state index contributed by atoms with van der Waals surface area (Å²) in [5.74, 6) is 2.89. The van der Waals surface area contributed by atoms with Crippen LogP contribution in [0.5, 0.6) is 11.5 Å². The molecular formula is C50H57N3O2Pt. The number of ether oxygens (including phenoxy) is 2. The Morgan fingerprint density at radius 2 is 1.45 bits per heavy atom. The van der Waals surface area contributed by atoms with Crippen LogP contribution >= 0.6 is 0 Å². The van der Waals surface area contributed by atoms with Gasteiger partial charge in [-0.15, -0.1) is 28.8 Å². The Bertz CT molecular complexity index is 2310. The second-order valence-corrected chi connectivity index (χ2v) is 18.9. The van der Waals surface area contributed by atoms with E-state index < -0.39 is 11.1 Å². The molecule has 3 heterocycles. The van der Waals surface area contributed by atoms with Gasteiger partial charge in [-0.1, -0.05) is 148 Å². The Morgan fingerprint density at radius 3 is 2.09 bits per heavy atom. The second-order valence-electron chi connectivity index (χ2n) is 18.9. The molecule has 0 unspecified atom stereocenters. The average Bonchev–Trinajstić information content (AvgIpc) is 3.41. The average molecular weight is 927 g/mol. The van der Waals surface area contributed by atoms with Crippen molar-refractivity contribution in [2.75, 3.05) is 4.90 Å². The maximum absolute atomic E-state index is 6.97. The first-order chi connectivity index (χ1) is 25.6. The third kappa shape index (κ3) is 7.04. The first-order valence-electron chi connectivity index (χ1n) is 19.7. The molecule has 56 heavy (non-hydrogen) atoms. The molecule has 0 fully saturated rings. The van der Waals surface area contributed by atoms with Gasteiger partial charge in [0, 0.05) is 23.4 Å². The number of nitrogens with zero attached hydrogens (tertiary/aromatic N) is 3. The van der Waals surface area contributed by atoms with Crippen molar-refractivity contribution in [1.29, 1.82) is 0 Å². The van der Waals surface area contributed by atoms with Crippen molar-refractivity contribution in [2.45, 2.75) is 124 Å². The van der Waals surface area contributed by atoms with Crippen LogP contribution in [0.3, 0.4) is 0 Å². The van der Waals surface area contributed by atoms with Crippen LogP contribution in [0.2, 0.25) is 0 Å². The topological polar surface area (TPSA) is 47.0 Å². The maximum Gasteiger partial charge on any atom is 2.00 e. The van der Waals surface area contributed by atoms with E-state index in [1.165, 1.54) is 22.3 Å². The summed E-state index contributed by atoms with van der Waals surface area (Å²) in [6.45, 7) is 31.0. The van der Waals surface area contributed by atoms with Crippen LogP contribution in [-0.2, 0) is 47.6 Å². The number of hydrogen-bond donors (Lipinski definition) is 0. The van der Waals surface area contributed by atoms with Crippen LogP contribution in [-0.4, -0.2) is 16.4 Å². The fraction of sp³-hybridized carbons (Fsp3) is 0.400. The fourth-order valence-corrected chi connectivity index (χ4v) is 8.03. The zero-order chi connectivity index (χ0) is 39.9. The van der Waals surface area contributed by atoms with Crippen LogP contribution in [0.1, 0.15) is 128 Å². The van der Waals surface area contributed by atoms with Gasteiger partial charge in [-0.05, 0) is 77.8 Å². The number of anilines is 3. The largest absolute Gasteiger partial charge is 2.00 e. The molecule has 0 spiro atoms. The minimum absolute atomic E-state index is 0. The molecule has 5 nitrogen and oxygen atoms in total. The van der Waals surface area contributed by atoms with E-state index in [9.17, 15) is 0 Å². The van der Waals surface area contributed by atoms with Gasteiger partial charge in [0.15, 0.2) is 0 Å². The van der Waals surface area contributed by atoms with Crippen molar-refractivity contribution < 1.29 is 30.5 Å². The summed E-state index contributed by atoms with van der Waals surface area (Å²) < 4.78 is 13.9. The van der Waals surface area contributed by atoms with E-state index in [1.807, 2.05) is 12.3 Å². The molecule has 5 aromatic rings. The normalized spacial score (nSPS) is 20.1. The second kappa shape index (κ2) is 14.3. The molecule has 0 N–H and O–H groups in total. The summed E-state index contributed by atoms with van der Waals surface area (Å²) in [7, 11) is 0. The van der Waals surface area contributed by atoms with E-state index in [2.05, 4.69) is 187 Å². The van der Waals surface area contributed by atoms with Gasteiger partial charge in [0.25, 0.3) is 0 Å². The molecule has 4 aromatic carbocycles. The number of fused-ring (bicyclic) bond motifs is 2. The Hall–Kier alpha value is -4.21. The van der Waals surface area contributed by atoms with E-state index in [4.69, 9.17) is 19.5 Å². The van der Waals surface area contributed by atoms with Crippen LogP contribution in [0.15, 0.2) is 90.1 Å². The van der Waals surface area contributed by atoms with E-state index in [1.54, 1.807) is 0 Å². The Balaban J connectivity index is 0.00000532. The van der Waals surface area contributed by atoms with Crippen LogP contribution in [0, 0.1) is 31.9 Å². The molecule has 2 aliphatic rings. The molecule has 2 atom stereocenters. The number of rotatable bonds is 6. The predicted octanol–water partition coefficient (Wildman–Crippen LogP) is 12.9. The first kappa shape index (κ1) is 41.4. The summed E-state index contributed by atoms with van der Waals surface area (Å²) >= 11 is 0. The monoisotopic (exact) mass is 926 g/mol. The molecule has 0 aliphatic carbocycles. The van der Waals surface area contributed by atoms with E-state index >= 15 is 0 Å². The predicted molar refractivity (Wildman–Crippen MR) is 227 cm³/mol. The zero-order valence-electron chi connectivity index (χ0n) is 35.6. The van der Waals surface area contributed by atoms with E-state index in [0.717, 1.165) is 39.4 Å². The smallest absolute Gasteiger partial charge is 0.508 e. The Kier molecular flexibility index (Phi) is 10.6. The zero-order valence-corrected chi connectivity index (χ0v) is 37.9. The summed E-state index contributed by atoms with van der Waals surface area (Å²) in [6.07, 6.45) is 1.92. The van der Waals surface area contributed by atoms with E-state index in [-0.39, 0.29) is 43.2 Å². The number of hydrogen-bond acceptors (Lipinski definition) is 5. The van der Waals surface area contributed by atoms with Crippen molar-refractivity contribution in [2.24, 2.45) is 10.9 Å².